The van der Waals surface area contributed by atoms with Crippen LogP contribution in [0.4, 0.5) is 11.4 Å². The normalized spacial score (nSPS) is 16.7. The molecular formula is C31H35N. The molecule has 0 saturated carbocycles. The highest BCUT2D eigenvalue weighted by Crippen LogP contribution is 2.57. The Hall–Kier alpha value is -2.80. The first-order chi connectivity index (χ1) is 15.2. The van der Waals surface area contributed by atoms with Crippen LogP contribution in [-0.4, -0.2) is 7.05 Å². The maximum Gasteiger partial charge on any atom is 0.0455 e. The Bertz CT molecular complexity index is 1250. The molecule has 1 nitrogen and oxygen atoms in total. The van der Waals surface area contributed by atoms with Crippen molar-refractivity contribution < 1.29 is 0 Å². The van der Waals surface area contributed by atoms with Gasteiger partial charge in [-0.3, -0.25) is 0 Å². The van der Waals surface area contributed by atoms with E-state index in [9.17, 15) is 0 Å². The highest BCUT2D eigenvalue weighted by molar-refractivity contribution is 5.97. The lowest BCUT2D eigenvalue weighted by Gasteiger charge is -2.44. The topological polar surface area (TPSA) is 3.24 Å². The van der Waals surface area contributed by atoms with Gasteiger partial charge in [0, 0.05) is 29.3 Å². The second kappa shape index (κ2) is 7.10. The van der Waals surface area contributed by atoms with Crippen molar-refractivity contribution in [1.29, 1.82) is 0 Å². The van der Waals surface area contributed by atoms with Crippen molar-refractivity contribution in [2.24, 2.45) is 0 Å². The van der Waals surface area contributed by atoms with Gasteiger partial charge in [-0.1, -0.05) is 90.1 Å². The summed E-state index contributed by atoms with van der Waals surface area (Å²) >= 11 is 0. The van der Waals surface area contributed by atoms with Gasteiger partial charge in [0.05, 0.1) is 0 Å². The Morgan fingerprint density at radius 3 is 1.38 bits per heavy atom. The molecule has 0 saturated heterocycles. The molecule has 0 spiro atoms. The fraction of sp³-hybridized carbons (Fsp3) is 0.355. The van der Waals surface area contributed by atoms with Crippen molar-refractivity contribution in [2.75, 3.05) is 11.9 Å². The molecule has 0 aromatic heterocycles. The van der Waals surface area contributed by atoms with E-state index in [1.165, 1.54) is 55.2 Å². The smallest absolute Gasteiger partial charge is 0.0455 e. The molecule has 1 aliphatic heterocycles. The minimum Gasteiger partial charge on any atom is -0.344 e. The van der Waals surface area contributed by atoms with Gasteiger partial charge in [0.1, 0.15) is 0 Å². The number of nitrogens with zero attached hydrogens (tertiary/aromatic N) is 1. The van der Waals surface area contributed by atoms with E-state index in [-0.39, 0.29) is 10.8 Å². The zero-order chi connectivity index (χ0) is 22.8. The SMILES string of the molecule is CCc1c2c(cc3ccccc13)N(C)c1cc3ccccc3c(CC)c1C(C)(C)C2(C)C. The van der Waals surface area contributed by atoms with E-state index in [0.29, 0.717) is 0 Å². The number of anilines is 2. The number of aryl methyl sites for hydroxylation is 2. The first-order valence-corrected chi connectivity index (χ1v) is 12.1. The summed E-state index contributed by atoms with van der Waals surface area (Å²) in [6.45, 7) is 14.5. The van der Waals surface area contributed by atoms with Crippen molar-refractivity contribution in [2.45, 2.75) is 65.2 Å². The molecule has 0 atom stereocenters. The molecule has 4 aromatic rings. The van der Waals surface area contributed by atoms with E-state index >= 15 is 0 Å². The van der Waals surface area contributed by atoms with Crippen molar-refractivity contribution in [3.05, 3.63) is 82.9 Å². The third-order valence-corrected chi connectivity index (χ3v) is 8.51. The fourth-order valence-electron chi connectivity index (χ4n) is 6.23. The van der Waals surface area contributed by atoms with Crippen molar-refractivity contribution >= 4 is 32.9 Å². The minimum absolute atomic E-state index is 0.0381. The first kappa shape index (κ1) is 21.1. The van der Waals surface area contributed by atoms with Gasteiger partial charge in [0.15, 0.2) is 0 Å². The maximum atomic E-state index is 2.48. The molecule has 0 aliphatic carbocycles. The van der Waals surface area contributed by atoms with Crippen LogP contribution in [0, 0.1) is 0 Å². The maximum absolute atomic E-state index is 2.48. The van der Waals surface area contributed by atoms with Crippen LogP contribution in [0.25, 0.3) is 21.5 Å². The van der Waals surface area contributed by atoms with Crippen LogP contribution in [0.15, 0.2) is 60.7 Å². The average molecular weight is 422 g/mol. The van der Waals surface area contributed by atoms with Gasteiger partial charge >= 0.3 is 0 Å². The van der Waals surface area contributed by atoms with E-state index in [0.717, 1.165) is 12.8 Å². The zero-order valence-corrected chi connectivity index (χ0v) is 20.6. The molecule has 4 aromatic carbocycles. The summed E-state index contributed by atoms with van der Waals surface area (Å²) in [5, 5.41) is 5.47. The average Bonchev–Trinajstić information content (AvgIpc) is 2.84. The standard InChI is InChI=1S/C31H35N/c1-8-22-24-16-12-10-14-20(24)18-26-28(22)30(3,4)31(5,6)29-23(9-2)25-17-13-11-15-21(25)19-27(29)32(26)7/h10-19H,8-9H2,1-7H3. The summed E-state index contributed by atoms with van der Waals surface area (Å²) in [7, 11) is 2.28. The number of fused-ring (bicyclic) bond motifs is 4. The molecule has 164 valence electrons. The molecule has 1 heterocycles. The number of rotatable bonds is 2. The molecule has 0 N–H and O–H groups in total. The van der Waals surface area contributed by atoms with E-state index < -0.39 is 0 Å². The molecule has 0 amide bonds. The summed E-state index contributed by atoms with van der Waals surface area (Å²) in [6.07, 6.45) is 2.08. The van der Waals surface area contributed by atoms with Crippen LogP contribution in [0.1, 0.15) is 63.8 Å². The molecule has 1 aliphatic rings. The van der Waals surface area contributed by atoms with Crippen LogP contribution in [0.5, 0.6) is 0 Å². The zero-order valence-electron chi connectivity index (χ0n) is 20.6. The van der Waals surface area contributed by atoms with Gasteiger partial charge in [-0.15, -0.1) is 0 Å². The van der Waals surface area contributed by atoms with Gasteiger partial charge in [0.2, 0.25) is 0 Å². The van der Waals surface area contributed by atoms with Gasteiger partial charge in [-0.05, 0) is 68.8 Å². The van der Waals surface area contributed by atoms with E-state index in [2.05, 4.69) is 114 Å². The third kappa shape index (κ3) is 2.63. The van der Waals surface area contributed by atoms with Crippen LogP contribution in [0.3, 0.4) is 0 Å². The number of hydrogen-bond donors (Lipinski definition) is 0. The monoisotopic (exact) mass is 421 g/mol. The van der Waals surface area contributed by atoms with E-state index in [4.69, 9.17) is 0 Å². The first-order valence-electron chi connectivity index (χ1n) is 12.1. The summed E-state index contributed by atoms with van der Waals surface area (Å²) in [5.74, 6) is 0. The Labute approximate surface area is 193 Å². The highest BCUT2D eigenvalue weighted by atomic mass is 15.1. The summed E-state index contributed by atoms with van der Waals surface area (Å²) in [6, 6.07) is 22.7. The molecular weight excluding hydrogens is 386 g/mol. The molecule has 5 rings (SSSR count). The van der Waals surface area contributed by atoms with E-state index in [1.54, 1.807) is 0 Å². The van der Waals surface area contributed by atoms with Gasteiger partial charge < -0.3 is 4.90 Å². The highest BCUT2D eigenvalue weighted by Gasteiger charge is 2.47. The predicted molar refractivity (Wildman–Crippen MR) is 141 cm³/mol. The van der Waals surface area contributed by atoms with Crippen LogP contribution in [0.2, 0.25) is 0 Å². The van der Waals surface area contributed by atoms with Crippen LogP contribution in [-0.2, 0) is 23.7 Å². The number of benzene rings is 4. The summed E-state index contributed by atoms with van der Waals surface area (Å²) in [5.41, 5.74) is 8.65. The molecule has 1 heteroatoms. The Kier molecular flexibility index (Phi) is 4.68. The largest absolute Gasteiger partial charge is 0.344 e. The lowest BCUT2D eigenvalue weighted by atomic mass is 9.58. The Morgan fingerprint density at radius 1 is 0.625 bits per heavy atom. The summed E-state index contributed by atoms with van der Waals surface area (Å²) < 4.78 is 0. The molecule has 32 heavy (non-hydrogen) atoms. The lowest BCUT2D eigenvalue weighted by Crippen LogP contribution is -2.41. The predicted octanol–water partition coefficient (Wildman–Crippen LogP) is 8.45. The molecule has 0 bridgehead atoms. The second-order valence-corrected chi connectivity index (χ2v) is 10.5. The van der Waals surface area contributed by atoms with Gasteiger partial charge in [0.25, 0.3) is 0 Å². The van der Waals surface area contributed by atoms with Crippen LogP contribution >= 0.6 is 0 Å². The Morgan fingerprint density at radius 2 is 1.00 bits per heavy atom. The van der Waals surface area contributed by atoms with Crippen molar-refractivity contribution in [3.8, 4) is 0 Å². The van der Waals surface area contributed by atoms with Crippen molar-refractivity contribution in [1.82, 2.24) is 0 Å². The van der Waals surface area contributed by atoms with Crippen LogP contribution < -0.4 is 4.90 Å². The summed E-state index contributed by atoms with van der Waals surface area (Å²) in [4.78, 5) is 2.48. The third-order valence-electron chi connectivity index (χ3n) is 8.51. The fourth-order valence-corrected chi connectivity index (χ4v) is 6.23. The van der Waals surface area contributed by atoms with Gasteiger partial charge in [-0.2, -0.15) is 0 Å². The van der Waals surface area contributed by atoms with Crippen molar-refractivity contribution in [3.63, 3.8) is 0 Å². The minimum atomic E-state index is -0.0381. The van der Waals surface area contributed by atoms with Gasteiger partial charge in [-0.25, -0.2) is 0 Å². The quantitative estimate of drug-likeness (QED) is 0.314. The lowest BCUT2D eigenvalue weighted by molar-refractivity contribution is 0.304. The number of hydrogen-bond acceptors (Lipinski definition) is 1. The molecule has 0 fully saturated rings. The van der Waals surface area contributed by atoms with E-state index in [1.807, 2.05) is 0 Å². The second-order valence-electron chi connectivity index (χ2n) is 10.5. The molecule has 0 unspecified atom stereocenters. The molecule has 0 radical (unpaired) electrons. The Balaban J connectivity index is 1.99.